The monoisotopic (exact) mass is 483 g/mol. The lowest BCUT2D eigenvalue weighted by molar-refractivity contribution is 0.102. The molecule has 0 saturated carbocycles. The lowest BCUT2D eigenvalue weighted by Gasteiger charge is -2.11. The Kier molecular flexibility index (Phi) is 8.79. The van der Waals surface area contributed by atoms with Gasteiger partial charge in [-0.1, -0.05) is 37.6 Å². The number of benzene rings is 3. The predicted octanol–water partition coefficient (Wildman–Crippen LogP) is 6.34. The Bertz CT molecular complexity index is 978. The molecule has 0 aromatic heterocycles. The Labute approximate surface area is 191 Å². The van der Waals surface area contributed by atoms with Gasteiger partial charge in [-0.25, -0.2) is 0 Å². The number of halogens is 1. The first-order valence-electron chi connectivity index (χ1n) is 10.3. The van der Waals surface area contributed by atoms with E-state index in [1.807, 2.05) is 48.5 Å². The van der Waals surface area contributed by atoms with Crippen molar-refractivity contribution in [3.63, 3.8) is 0 Å². The van der Waals surface area contributed by atoms with E-state index >= 15 is 0 Å². The summed E-state index contributed by atoms with van der Waals surface area (Å²) in [5, 5.41) is 2.90. The zero-order valence-electron chi connectivity index (χ0n) is 17.5. The number of amides is 1. The van der Waals surface area contributed by atoms with E-state index in [2.05, 4.69) is 28.2 Å². The van der Waals surface area contributed by atoms with Gasteiger partial charge in [0.05, 0.1) is 11.1 Å². The van der Waals surface area contributed by atoms with E-state index in [1.165, 1.54) is 0 Å². The fourth-order valence-corrected chi connectivity index (χ4v) is 3.28. The Morgan fingerprint density at radius 2 is 1.58 bits per heavy atom. The van der Waals surface area contributed by atoms with Crippen LogP contribution in [0.1, 0.15) is 30.1 Å². The van der Waals surface area contributed by atoms with Crippen LogP contribution in [-0.2, 0) is 0 Å². The predicted molar refractivity (Wildman–Crippen MR) is 126 cm³/mol. The summed E-state index contributed by atoms with van der Waals surface area (Å²) in [7, 11) is 0. The maximum absolute atomic E-state index is 12.6. The Balaban J connectivity index is 1.51. The van der Waals surface area contributed by atoms with Gasteiger partial charge in [0.1, 0.15) is 30.5 Å². The van der Waals surface area contributed by atoms with Crippen molar-refractivity contribution in [1.29, 1.82) is 0 Å². The van der Waals surface area contributed by atoms with E-state index in [0.717, 1.165) is 28.8 Å². The number of hydrogen-bond acceptors (Lipinski definition) is 4. The molecule has 0 atom stereocenters. The van der Waals surface area contributed by atoms with E-state index < -0.39 is 0 Å². The highest BCUT2D eigenvalue weighted by Crippen LogP contribution is 2.27. The quantitative estimate of drug-likeness (QED) is 0.323. The number of hydrogen-bond donors (Lipinski definition) is 1. The second-order valence-electron chi connectivity index (χ2n) is 6.84. The molecule has 3 aromatic rings. The van der Waals surface area contributed by atoms with Crippen molar-refractivity contribution in [2.75, 3.05) is 25.1 Å². The normalized spacial score (nSPS) is 10.4. The Morgan fingerprint density at radius 1 is 0.839 bits per heavy atom. The zero-order chi connectivity index (χ0) is 21.9. The minimum Gasteiger partial charge on any atom is -0.492 e. The lowest BCUT2D eigenvalue weighted by Crippen LogP contribution is -2.12. The summed E-state index contributed by atoms with van der Waals surface area (Å²) in [6.45, 7) is 3.61. The van der Waals surface area contributed by atoms with E-state index in [9.17, 15) is 4.79 Å². The van der Waals surface area contributed by atoms with Gasteiger partial charge in [0.15, 0.2) is 0 Å². The summed E-state index contributed by atoms with van der Waals surface area (Å²) in [4.78, 5) is 12.6. The van der Waals surface area contributed by atoms with Crippen LogP contribution in [0.2, 0.25) is 0 Å². The highest BCUT2D eigenvalue weighted by molar-refractivity contribution is 9.10. The average molecular weight is 484 g/mol. The van der Waals surface area contributed by atoms with Crippen LogP contribution in [0, 0.1) is 0 Å². The number of carbonyl (C=O) groups is 1. The number of rotatable bonds is 11. The third kappa shape index (κ3) is 7.33. The third-order valence-electron chi connectivity index (χ3n) is 4.41. The van der Waals surface area contributed by atoms with E-state index in [0.29, 0.717) is 36.8 Å². The number of ether oxygens (including phenoxy) is 3. The summed E-state index contributed by atoms with van der Waals surface area (Å²) in [5.74, 6) is 2.00. The van der Waals surface area contributed by atoms with Crippen molar-refractivity contribution >= 4 is 27.5 Å². The fourth-order valence-electron chi connectivity index (χ4n) is 2.79. The van der Waals surface area contributed by atoms with Gasteiger partial charge in [0, 0.05) is 17.3 Å². The maximum atomic E-state index is 12.6. The molecule has 162 valence electrons. The molecule has 0 aliphatic heterocycles. The minimum atomic E-state index is -0.203. The molecule has 0 radical (unpaired) electrons. The molecule has 6 heteroatoms. The molecule has 1 amide bonds. The van der Waals surface area contributed by atoms with Crippen LogP contribution in [0.5, 0.6) is 17.2 Å². The van der Waals surface area contributed by atoms with Crippen molar-refractivity contribution in [2.24, 2.45) is 0 Å². The molecule has 31 heavy (non-hydrogen) atoms. The third-order valence-corrected chi connectivity index (χ3v) is 5.03. The first-order chi connectivity index (χ1) is 15.2. The second kappa shape index (κ2) is 12.0. The van der Waals surface area contributed by atoms with Gasteiger partial charge in [-0.3, -0.25) is 4.79 Å². The van der Waals surface area contributed by atoms with Crippen molar-refractivity contribution in [3.8, 4) is 17.2 Å². The zero-order valence-corrected chi connectivity index (χ0v) is 19.1. The van der Waals surface area contributed by atoms with Gasteiger partial charge < -0.3 is 19.5 Å². The van der Waals surface area contributed by atoms with Gasteiger partial charge >= 0.3 is 0 Å². The fraction of sp³-hybridized carbons (Fsp3) is 0.240. The lowest BCUT2D eigenvalue weighted by atomic mass is 10.2. The largest absolute Gasteiger partial charge is 0.492 e. The van der Waals surface area contributed by atoms with Crippen molar-refractivity contribution < 1.29 is 19.0 Å². The van der Waals surface area contributed by atoms with Crippen LogP contribution in [0.3, 0.4) is 0 Å². The van der Waals surface area contributed by atoms with E-state index in [1.54, 1.807) is 24.3 Å². The first kappa shape index (κ1) is 22.7. The Morgan fingerprint density at radius 3 is 2.32 bits per heavy atom. The number of anilines is 1. The van der Waals surface area contributed by atoms with Gasteiger partial charge in [0.2, 0.25) is 0 Å². The van der Waals surface area contributed by atoms with Crippen LogP contribution in [-0.4, -0.2) is 25.7 Å². The standard InChI is InChI=1S/C25H26BrNO4/c1-2-3-14-31-24-13-12-19(17-23(24)26)25(28)27-20-8-7-11-22(18-20)30-16-15-29-21-9-5-4-6-10-21/h4-13,17-18H,2-3,14-16H2,1H3,(H,27,28). The molecule has 0 spiro atoms. The average Bonchev–Trinajstić information content (AvgIpc) is 2.79. The Hall–Kier alpha value is -2.99. The number of carbonyl (C=O) groups excluding carboxylic acids is 1. The minimum absolute atomic E-state index is 0.203. The topological polar surface area (TPSA) is 56.8 Å². The van der Waals surface area contributed by atoms with Crippen molar-refractivity contribution in [2.45, 2.75) is 19.8 Å². The summed E-state index contributed by atoms with van der Waals surface area (Å²) in [6, 6.07) is 22.2. The molecule has 3 rings (SSSR count). The van der Waals surface area contributed by atoms with Gasteiger partial charge in [0.25, 0.3) is 5.91 Å². The molecule has 0 aliphatic rings. The summed E-state index contributed by atoms with van der Waals surface area (Å²) < 4.78 is 17.8. The molecule has 5 nitrogen and oxygen atoms in total. The van der Waals surface area contributed by atoms with Gasteiger partial charge in [-0.05, 0) is 64.8 Å². The van der Waals surface area contributed by atoms with Gasteiger partial charge in [-0.2, -0.15) is 0 Å². The smallest absolute Gasteiger partial charge is 0.255 e. The molecule has 0 aliphatic carbocycles. The van der Waals surface area contributed by atoms with Crippen LogP contribution in [0.4, 0.5) is 5.69 Å². The van der Waals surface area contributed by atoms with Crippen molar-refractivity contribution in [3.05, 3.63) is 82.8 Å². The molecular weight excluding hydrogens is 458 g/mol. The highest BCUT2D eigenvalue weighted by Gasteiger charge is 2.10. The number of unbranched alkanes of at least 4 members (excludes halogenated alkanes) is 1. The summed E-state index contributed by atoms with van der Waals surface area (Å²) in [5.41, 5.74) is 1.20. The molecule has 0 saturated heterocycles. The summed E-state index contributed by atoms with van der Waals surface area (Å²) in [6.07, 6.45) is 2.06. The molecule has 1 N–H and O–H groups in total. The van der Waals surface area contributed by atoms with E-state index in [-0.39, 0.29) is 5.91 Å². The highest BCUT2D eigenvalue weighted by atomic mass is 79.9. The first-order valence-corrected chi connectivity index (χ1v) is 11.1. The molecule has 0 heterocycles. The maximum Gasteiger partial charge on any atom is 0.255 e. The van der Waals surface area contributed by atoms with Gasteiger partial charge in [-0.15, -0.1) is 0 Å². The molecule has 0 unspecified atom stereocenters. The van der Waals surface area contributed by atoms with E-state index in [4.69, 9.17) is 14.2 Å². The molecule has 0 fully saturated rings. The summed E-state index contributed by atoms with van der Waals surface area (Å²) >= 11 is 3.48. The second-order valence-corrected chi connectivity index (χ2v) is 7.69. The number of nitrogens with one attached hydrogen (secondary N) is 1. The van der Waals surface area contributed by atoms with Crippen LogP contribution < -0.4 is 19.5 Å². The van der Waals surface area contributed by atoms with Crippen molar-refractivity contribution in [1.82, 2.24) is 0 Å². The SMILES string of the molecule is CCCCOc1ccc(C(=O)Nc2cccc(OCCOc3ccccc3)c2)cc1Br. The van der Waals surface area contributed by atoms with Crippen LogP contribution in [0.15, 0.2) is 77.3 Å². The van der Waals surface area contributed by atoms with Crippen LogP contribution in [0.25, 0.3) is 0 Å². The molecule has 0 bridgehead atoms. The van der Waals surface area contributed by atoms with Crippen LogP contribution >= 0.6 is 15.9 Å². The molecule has 3 aromatic carbocycles. The number of para-hydroxylation sites is 1. The molecular formula is C25H26BrNO4.